The second-order valence-electron chi connectivity index (χ2n) is 21.8. The lowest BCUT2D eigenvalue weighted by atomic mass is 10.1. The van der Waals surface area contributed by atoms with Crippen LogP contribution in [0.15, 0.2) is 97.1 Å². The molecule has 0 N–H and O–H groups in total. The van der Waals surface area contributed by atoms with E-state index in [-0.39, 0.29) is 23.1 Å². The van der Waals surface area contributed by atoms with Crippen LogP contribution in [0.4, 0.5) is 0 Å². The predicted octanol–water partition coefficient (Wildman–Crippen LogP) is 11.5. The summed E-state index contributed by atoms with van der Waals surface area (Å²) in [6, 6.07) is 29.9. The van der Waals surface area contributed by atoms with Crippen LogP contribution in [0.25, 0.3) is 0 Å². The summed E-state index contributed by atoms with van der Waals surface area (Å²) in [4.78, 5) is 45.2. The van der Waals surface area contributed by atoms with Crippen molar-refractivity contribution in [3.63, 3.8) is 0 Å². The second kappa shape index (κ2) is 68.9. The van der Waals surface area contributed by atoms with Crippen LogP contribution in [-0.2, 0) is 112 Å². The van der Waals surface area contributed by atoms with Crippen LogP contribution >= 0.6 is 0 Å². The minimum atomic E-state index is 0.0572. The van der Waals surface area contributed by atoms with Gasteiger partial charge in [0, 0.05) is 48.7 Å². The fourth-order valence-electron chi connectivity index (χ4n) is 7.94. The molecule has 0 aliphatic rings. The summed E-state index contributed by atoms with van der Waals surface area (Å²) in [5.41, 5.74) is 6.80. The summed E-state index contributed by atoms with van der Waals surface area (Å²) < 4.78 is 97.4. The lowest BCUT2D eigenvalue weighted by Crippen LogP contribution is -2.14. The van der Waals surface area contributed by atoms with E-state index >= 15 is 0 Å². The molecule has 98 heavy (non-hydrogen) atoms. The number of carbonyl (C=O) groups excluding carboxylic acids is 4. The molecule has 4 aromatic rings. The Balaban J connectivity index is 0.000000659. The fraction of sp³-hybridized carbons (Fsp3) is 0.632. The van der Waals surface area contributed by atoms with Gasteiger partial charge in [-0.05, 0) is 99.9 Å². The van der Waals surface area contributed by atoms with Crippen molar-refractivity contribution in [2.24, 2.45) is 0 Å². The molecule has 4 aromatic carbocycles. The Hall–Kier alpha value is -5.16. The highest BCUT2D eigenvalue weighted by Gasteiger charge is 2.06. The largest absolute Gasteiger partial charge is 0.379 e. The standard InChI is InChI=1S/C22H36O7.C20H32O6.C18H28O5.C16H24O4/c1-3-7-24-8-9-25-10-11-26-12-13-27-14-15-28-16-17-29-19-21-5-4-6-22(18-21)20(2)23;1-3-7-22-8-9-23-10-11-24-12-13-25-14-15-26-17-19-5-4-6-20(16-19)18(2)21;1-3-7-20-8-9-21-10-11-22-12-13-23-15-17-5-4-6-18(14-17)16(2)19;1-3-7-18-8-9-19-10-11-20-13-15-5-4-6-16(12-15)14(2)17/h4-6,18H,3,7-17,19H2,1-2H3;4-6,16H,3,7-15,17H2,1-2H3;4-6,14H,3,7-13,15H2,1-2H3;4-6,12H,3,7-11,13H2,1-2H3. The summed E-state index contributed by atoms with van der Waals surface area (Å²) in [6.45, 7) is 35.3. The van der Waals surface area contributed by atoms with Crippen molar-refractivity contribution in [3.05, 3.63) is 142 Å². The van der Waals surface area contributed by atoms with E-state index in [0.717, 1.165) is 79.9 Å². The van der Waals surface area contributed by atoms with Gasteiger partial charge in [0.1, 0.15) is 0 Å². The summed E-state index contributed by atoms with van der Waals surface area (Å²) in [5.74, 6) is 0.254. The first-order valence-corrected chi connectivity index (χ1v) is 34.7. The quantitative estimate of drug-likeness (QED) is 0.0295. The molecule has 22 heteroatoms. The molecule has 0 aliphatic heterocycles. The Morgan fingerprint density at radius 2 is 0.337 bits per heavy atom. The van der Waals surface area contributed by atoms with Gasteiger partial charge in [-0.3, -0.25) is 19.2 Å². The first-order valence-electron chi connectivity index (χ1n) is 34.7. The number of rotatable bonds is 62. The second-order valence-corrected chi connectivity index (χ2v) is 21.8. The van der Waals surface area contributed by atoms with E-state index in [1.165, 1.54) is 0 Å². The lowest BCUT2D eigenvalue weighted by Gasteiger charge is -2.08. The third-order valence-corrected chi connectivity index (χ3v) is 13.0. The molecule has 0 fully saturated rings. The van der Waals surface area contributed by atoms with Gasteiger partial charge < -0.3 is 85.3 Å². The van der Waals surface area contributed by atoms with E-state index in [2.05, 4.69) is 27.7 Å². The van der Waals surface area contributed by atoms with Gasteiger partial charge in [-0.15, -0.1) is 0 Å². The molecule has 0 amide bonds. The molecule has 4 rings (SSSR count). The Morgan fingerprint density at radius 3 is 0.469 bits per heavy atom. The van der Waals surface area contributed by atoms with Crippen LogP contribution in [0.1, 0.15) is 145 Å². The average Bonchev–Trinajstić information content (AvgIpc) is 1.70. The molecule has 0 spiro atoms. The Labute approximate surface area is 585 Å². The molecule has 0 aromatic heterocycles. The van der Waals surface area contributed by atoms with Crippen molar-refractivity contribution in [1.82, 2.24) is 0 Å². The molecule has 0 atom stereocenters. The molecule has 0 unspecified atom stereocenters. The lowest BCUT2D eigenvalue weighted by molar-refractivity contribution is -0.0176. The number of hydrogen-bond donors (Lipinski definition) is 0. The maximum absolute atomic E-state index is 11.3. The van der Waals surface area contributed by atoms with E-state index in [0.29, 0.717) is 228 Å². The van der Waals surface area contributed by atoms with E-state index < -0.39 is 0 Å². The molecule has 556 valence electrons. The summed E-state index contributed by atoms with van der Waals surface area (Å²) >= 11 is 0. The SMILES string of the molecule is CCCOCCOCCOCCOCCOCCOCc1cccc(C(C)=O)c1.CCCOCCOCCOCCOCCOCc1cccc(C(C)=O)c1.CCCOCCOCCOCCOCc1cccc(C(C)=O)c1.CCCOCCOCCOCc1cccc(C(C)=O)c1. The van der Waals surface area contributed by atoms with Crippen molar-refractivity contribution in [2.75, 3.05) is 211 Å². The smallest absolute Gasteiger partial charge is 0.159 e. The van der Waals surface area contributed by atoms with Crippen molar-refractivity contribution < 1.29 is 104 Å². The maximum Gasteiger partial charge on any atom is 0.159 e. The van der Waals surface area contributed by atoms with Crippen LogP contribution in [0, 0.1) is 0 Å². The van der Waals surface area contributed by atoms with Gasteiger partial charge in [0.25, 0.3) is 0 Å². The monoisotopic (exact) mass is 1380 g/mol. The predicted molar refractivity (Wildman–Crippen MR) is 377 cm³/mol. The van der Waals surface area contributed by atoms with Gasteiger partial charge in [0.2, 0.25) is 0 Å². The van der Waals surface area contributed by atoms with Crippen LogP contribution in [-0.4, -0.2) is 235 Å². The Kier molecular flexibility index (Phi) is 63.9. The number of carbonyl (C=O) groups is 4. The minimum Gasteiger partial charge on any atom is -0.379 e. The van der Waals surface area contributed by atoms with Crippen LogP contribution < -0.4 is 0 Å². The third kappa shape index (κ3) is 57.6. The van der Waals surface area contributed by atoms with Crippen molar-refractivity contribution in [2.45, 2.75) is 108 Å². The average molecular weight is 1390 g/mol. The van der Waals surface area contributed by atoms with Crippen molar-refractivity contribution in [3.8, 4) is 0 Å². The zero-order valence-electron chi connectivity index (χ0n) is 60.5. The normalized spacial score (nSPS) is 10.9. The van der Waals surface area contributed by atoms with Crippen LogP contribution in [0.5, 0.6) is 0 Å². The summed E-state index contributed by atoms with van der Waals surface area (Å²) in [7, 11) is 0. The van der Waals surface area contributed by atoms with Gasteiger partial charge in [0.15, 0.2) is 23.1 Å². The van der Waals surface area contributed by atoms with E-state index in [9.17, 15) is 19.2 Å². The fourth-order valence-corrected chi connectivity index (χ4v) is 7.94. The van der Waals surface area contributed by atoms with Crippen LogP contribution in [0.3, 0.4) is 0 Å². The minimum absolute atomic E-state index is 0.0572. The zero-order chi connectivity index (χ0) is 71.3. The van der Waals surface area contributed by atoms with Crippen LogP contribution in [0.2, 0.25) is 0 Å². The molecule has 0 saturated heterocycles. The number of ketones is 4. The molecule has 0 radical (unpaired) electrons. The van der Waals surface area contributed by atoms with Crippen molar-refractivity contribution in [1.29, 1.82) is 0 Å². The molecular weight excluding hydrogens is 1260 g/mol. The summed E-state index contributed by atoms with van der Waals surface area (Å²) in [5, 5.41) is 0. The maximum atomic E-state index is 11.3. The number of Topliss-reactive ketones (excluding diaryl/α,β-unsaturated/α-hetero) is 4. The van der Waals surface area contributed by atoms with E-state index in [1.54, 1.807) is 39.8 Å². The molecule has 0 saturated carbocycles. The number of benzene rings is 4. The molecule has 0 heterocycles. The topological polar surface area (TPSA) is 234 Å². The number of ether oxygens (including phenoxy) is 18. The van der Waals surface area contributed by atoms with Gasteiger partial charge in [-0.2, -0.15) is 0 Å². The third-order valence-electron chi connectivity index (χ3n) is 13.0. The highest BCUT2D eigenvalue weighted by molar-refractivity contribution is 5.95. The highest BCUT2D eigenvalue weighted by Crippen LogP contribution is 2.11. The Morgan fingerprint density at radius 1 is 0.204 bits per heavy atom. The van der Waals surface area contributed by atoms with Gasteiger partial charge in [0.05, 0.1) is 211 Å². The molecule has 0 bridgehead atoms. The molecule has 22 nitrogen and oxygen atoms in total. The zero-order valence-corrected chi connectivity index (χ0v) is 60.5. The number of hydrogen-bond acceptors (Lipinski definition) is 22. The first kappa shape index (κ1) is 90.9. The van der Waals surface area contributed by atoms with E-state index in [1.807, 2.05) is 84.9 Å². The highest BCUT2D eigenvalue weighted by atomic mass is 16.6. The first-order chi connectivity index (χ1) is 47.9. The summed E-state index contributed by atoms with van der Waals surface area (Å²) in [6.07, 6.45) is 4.12. The van der Waals surface area contributed by atoms with E-state index in [4.69, 9.17) is 85.3 Å². The van der Waals surface area contributed by atoms with Gasteiger partial charge in [-0.1, -0.05) is 100 Å². The van der Waals surface area contributed by atoms with Gasteiger partial charge in [-0.25, -0.2) is 0 Å². The van der Waals surface area contributed by atoms with Gasteiger partial charge >= 0.3 is 0 Å². The molecule has 0 aliphatic carbocycles. The Bertz CT molecular complexity index is 2500. The van der Waals surface area contributed by atoms with Crippen molar-refractivity contribution >= 4 is 23.1 Å². The molecular formula is C76H120O22.